The molecule has 0 aromatic heterocycles. The van der Waals surface area contributed by atoms with Crippen LogP contribution in [0.1, 0.15) is 45.7 Å². The summed E-state index contributed by atoms with van der Waals surface area (Å²) >= 11 is 0. The first-order valence-electron chi connectivity index (χ1n) is 11.5. The number of fused-ring (bicyclic) bond motifs is 1. The lowest BCUT2D eigenvalue weighted by Gasteiger charge is -2.20. The molecular weight excluding hydrogens is 426 g/mol. The molecule has 0 saturated carbocycles. The maximum Gasteiger partial charge on any atom is 0.262 e. The van der Waals surface area contributed by atoms with Gasteiger partial charge in [-0.05, 0) is 45.4 Å². The van der Waals surface area contributed by atoms with E-state index in [4.69, 9.17) is 4.74 Å². The highest BCUT2D eigenvalue weighted by Crippen LogP contribution is 2.22. The summed E-state index contributed by atoms with van der Waals surface area (Å²) in [5, 5.41) is 8.94. The van der Waals surface area contributed by atoms with Crippen LogP contribution in [0.3, 0.4) is 0 Å². The second-order valence-corrected chi connectivity index (χ2v) is 9.69. The van der Waals surface area contributed by atoms with Crippen molar-refractivity contribution in [3.05, 3.63) is 77.9 Å². The second-order valence-electron chi connectivity index (χ2n) is 9.69. The van der Waals surface area contributed by atoms with E-state index in [0.717, 1.165) is 16.3 Å². The number of carbonyl (C=O) groups is 2. The van der Waals surface area contributed by atoms with E-state index in [2.05, 4.69) is 48.7 Å². The Labute approximate surface area is 201 Å². The van der Waals surface area contributed by atoms with Gasteiger partial charge in [0.05, 0.1) is 6.21 Å². The lowest BCUT2D eigenvalue weighted by molar-refractivity contribution is -0.131. The average Bonchev–Trinajstić information content (AvgIpc) is 2.80. The van der Waals surface area contributed by atoms with Crippen molar-refractivity contribution in [2.24, 2.45) is 11.0 Å². The van der Waals surface area contributed by atoms with Crippen LogP contribution in [0.4, 0.5) is 0 Å². The molecule has 1 atom stereocenters. The van der Waals surface area contributed by atoms with Gasteiger partial charge in [-0.3, -0.25) is 9.59 Å². The fourth-order valence-corrected chi connectivity index (χ4v) is 3.47. The van der Waals surface area contributed by atoms with E-state index >= 15 is 0 Å². The Hall–Kier alpha value is -3.67. The molecule has 3 rings (SSSR count). The van der Waals surface area contributed by atoms with E-state index in [9.17, 15) is 9.59 Å². The van der Waals surface area contributed by atoms with E-state index < -0.39 is 6.04 Å². The minimum absolute atomic E-state index is 0.0740. The minimum atomic E-state index is -0.729. The normalized spacial score (nSPS) is 12.6. The second kappa shape index (κ2) is 11.0. The van der Waals surface area contributed by atoms with Crippen molar-refractivity contribution in [3.63, 3.8) is 0 Å². The SMILES string of the molecule is CC(C)C(NC(=O)COc1ccc2ccccc2c1)C(=O)NN=Cc1ccc(C(C)(C)C)cc1. The van der Waals surface area contributed by atoms with Crippen molar-refractivity contribution >= 4 is 28.8 Å². The number of nitrogens with one attached hydrogen (secondary N) is 2. The van der Waals surface area contributed by atoms with Gasteiger partial charge in [-0.15, -0.1) is 0 Å². The number of carbonyl (C=O) groups excluding carboxylic acids is 2. The molecule has 3 aromatic carbocycles. The monoisotopic (exact) mass is 459 g/mol. The van der Waals surface area contributed by atoms with Crippen molar-refractivity contribution in [2.45, 2.75) is 46.1 Å². The number of benzene rings is 3. The molecule has 0 bridgehead atoms. The highest BCUT2D eigenvalue weighted by Gasteiger charge is 2.24. The van der Waals surface area contributed by atoms with E-state index in [1.807, 2.05) is 68.4 Å². The topological polar surface area (TPSA) is 79.8 Å². The molecule has 0 aliphatic heterocycles. The summed E-state index contributed by atoms with van der Waals surface area (Å²) in [5.74, 6) is -0.271. The molecule has 2 N–H and O–H groups in total. The molecule has 34 heavy (non-hydrogen) atoms. The van der Waals surface area contributed by atoms with Gasteiger partial charge in [0.1, 0.15) is 11.8 Å². The zero-order chi connectivity index (χ0) is 24.7. The predicted octanol–water partition coefficient (Wildman–Crippen LogP) is 4.81. The molecule has 0 heterocycles. The van der Waals surface area contributed by atoms with Gasteiger partial charge in [-0.1, -0.05) is 89.2 Å². The first-order valence-corrected chi connectivity index (χ1v) is 11.5. The van der Waals surface area contributed by atoms with Crippen molar-refractivity contribution in [1.29, 1.82) is 0 Å². The number of hydrazone groups is 1. The average molecular weight is 460 g/mol. The lowest BCUT2D eigenvalue weighted by atomic mass is 9.87. The van der Waals surface area contributed by atoms with Crippen LogP contribution >= 0.6 is 0 Å². The molecule has 2 amide bonds. The highest BCUT2D eigenvalue weighted by atomic mass is 16.5. The van der Waals surface area contributed by atoms with Crippen LogP contribution in [0, 0.1) is 5.92 Å². The van der Waals surface area contributed by atoms with Gasteiger partial charge in [0.15, 0.2) is 6.61 Å². The van der Waals surface area contributed by atoms with Crippen LogP contribution in [0.2, 0.25) is 0 Å². The van der Waals surface area contributed by atoms with Crippen LogP contribution in [-0.4, -0.2) is 30.7 Å². The van der Waals surface area contributed by atoms with Gasteiger partial charge in [-0.2, -0.15) is 5.10 Å². The quantitative estimate of drug-likeness (QED) is 0.375. The van der Waals surface area contributed by atoms with Gasteiger partial charge in [0.25, 0.3) is 11.8 Å². The summed E-state index contributed by atoms with van der Waals surface area (Å²) in [7, 11) is 0. The first kappa shape index (κ1) is 25.0. The molecule has 6 nitrogen and oxygen atoms in total. The smallest absolute Gasteiger partial charge is 0.262 e. The van der Waals surface area contributed by atoms with Crippen LogP contribution in [0.25, 0.3) is 10.8 Å². The third-order valence-corrected chi connectivity index (χ3v) is 5.52. The number of hydrogen-bond donors (Lipinski definition) is 2. The first-order chi connectivity index (χ1) is 16.1. The molecule has 0 aliphatic carbocycles. The fraction of sp³-hybridized carbons (Fsp3) is 0.321. The number of amides is 2. The van der Waals surface area contributed by atoms with Crippen LogP contribution < -0.4 is 15.5 Å². The Morgan fingerprint density at radius 2 is 1.65 bits per heavy atom. The Morgan fingerprint density at radius 3 is 2.29 bits per heavy atom. The molecule has 0 radical (unpaired) electrons. The Kier molecular flexibility index (Phi) is 8.05. The van der Waals surface area contributed by atoms with E-state index in [-0.39, 0.29) is 29.8 Å². The lowest BCUT2D eigenvalue weighted by Crippen LogP contribution is -2.49. The zero-order valence-corrected chi connectivity index (χ0v) is 20.5. The Bertz CT molecular complexity index is 1160. The standard InChI is InChI=1S/C28H33N3O3/c1-19(2)26(27(33)31-29-17-20-10-13-23(14-11-20)28(3,4)5)30-25(32)18-34-24-15-12-21-8-6-7-9-22(21)16-24/h6-17,19,26H,18H2,1-5H3,(H,30,32)(H,31,33). The maximum absolute atomic E-state index is 12.6. The van der Waals surface area contributed by atoms with Crippen LogP contribution in [0.5, 0.6) is 5.75 Å². The van der Waals surface area contributed by atoms with Crippen molar-refractivity contribution in [3.8, 4) is 5.75 Å². The molecular formula is C28H33N3O3. The largest absolute Gasteiger partial charge is 0.484 e. The van der Waals surface area contributed by atoms with Gasteiger partial charge in [0.2, 0.25) is 0 Å². The number of rotatable bonds is 8. The summed E-state index contributed by atoms with van der Waals surface area (Å²) in [6.45, 7) is 10.0. The number of hydrogen-bond acceptors (Lipinski definition) is 4. The summed E-state index contributed by atoms with van der Waals surface area (Å²) in [6, 6.07) is 20.9. The fourth-order valence-electron chi connectivity index (χ4n) is 3.47. The van der Waals surface area contributed by atoms with Crippen molar-refractivity contribution in [2.75, 3.05) is 6.61 Å². The maximum atomic E-state index is 12.6. The highest BCUT2D eigenvalue weighted by molar-refractivity contribution is 5.89. The van der Waals surface area contributed by atoms with Crippen LogP contribution in [0.15, 0.2) is 71.8 Å². The molecule has 178 valence electrons. The molecule has 3 aromatic rings. The number of ether oxygens (including phenoxy) is 1. The van der Waals surface area contributed by atoms with Gasteiger partial charge >= 0.3 is 0 Å². The minimum Gasteiger partial charge on any atom is -0.484 e. The summed E-state index contributed by atoms with van der Waals surface area (Å²) in [4.78, 5) is 25.1. The Balaban J connectivity index is 1.53. The third kappa shape index (κ3) is 6.91. The van der Waals surface area contributed by atoms with Crippen LogP contribution in [-0.2, 0) is 15.0 Å². The molecule has 1 unspecified atom stereocenters. The van der Waals surface area contributed by atoms with E-state index in [1.54, 1.807) is 6.21 Å². The zero-order valence-electron chi connectivity index (χ0n) is 20.5. The van der Waals surface area contributed by atoms with E-state index in [0.29, 0.717) is 5.75 Å². The van der Waals surface area contributed by atoms with Gasteiger partial charge < -0.3 is 10.1 Å². The third-order valence-electron chi connectivity index (χ3n) is 5.52. The number of nitrogens with zero attached hydrogens (tertiary/aromatic N) is 1. The van der Waals surface area contributed by atoms with E-state index in [1.165, 1.54) is 5.56 Å². The Morgan fingerprint density at radius 1 is 0.971 bits per heavy atom. The van der Waals surface area contributed by atoms with Gasteiger partial charge in [-0.25, -0.2) is 5.43 Å². The predicted molar refractivity (Wildman–Crippen MR) is 137 cm³/mol. The molecule has 6 heteroatoms. The summed E-state index contributed by atoms with van der Waals surface area (Å²) in [5.41, 5.74) is 4.71. The summed E-state index contributed by atoms with van der Waals surface area (Å²) in [6.07, 6.45) is 1.59. The van der Waals surface area contributed by atoms with Gasteiger partial charge in [0, 0.05) is 0 Å². The molecule has 0 saturated heterocycles. The molecule has 0 aliphatic rings. The molecule has 0 spiro atoms. The molecule has 0 fully saturated rings. The van der Waals surface area contributed by atoms with Crippen molar-refractivity contribution in [1.82, 2.24) is 10.7 Å². The van der Waals surface area contributed by atoms with Crippen molar-refractivity contribution < 1.29 is 14.3 Å². The summed E-state index contributed by atoms with van der Waals surface area (Å²) < 4.78 is 5.64.